The molecule has 2 fully saturated rings. The fourth-order valence-electron chi connectivity index (χ4n) is 5.68. The summed E-state index contributed by atoms with van der Waals surface area (Å²) < 4.78 is 27.3. The normalized spacial score (nSPS) is 18.3. The highest BCUT2D eigenvalue weighted by Gasteiger charge is 2.43. The summed E-state index contributed by atoms with van der Waals surface area (Å²) in [5.74, 6) is -2.27. The zero-order valence-corrected chi connectivity index (χ0v) is 22.1. The van der Waals surface area contributed by atoms with E-state index in [1.54, 1.807) is 42.5 Å². The average molecular weight is 560 g/mol. The molecule has 0 spiro atoms. The maximum atomic E-state index is 13.6. The quantitative estimate of drug-likeness (QED) is 0.466. The van der Waals surface area contributed by atoms with E-state index in [9.17, 15) is 28.0 Å². The molecule has 3 aliphatic rings. The fraction of sp³-hybridized carbons (Fsp3) is 0.267. The van der Waals surface area contributed by atoms with E-state index in [1.165, 1.54) is 24.3 Å². The van der Waals surface area contributed by atoms with E-state index >= 15 is 0 Å². The SMILES string of the molecule is O=C1CCN(N2C(=O)c3ccc(CN4CCN(C(c5ccc(F)cc5)c5ccc(F)cc5)CC4)cc3C2=O)C(=O)N1. The van der Waals surface area contributed by atoms with Gasteiger partial charge in [-0.1, -0.05) is 30.3 Å². The Balaban J connectivity index is 1.14. The minimum absolute atomic E-state index is 0.000447. The molecule has 11 heteroatoms. The molecule has 3 aliphatic heterocycles. The number of carbonyl (C=O) groups excluding carboxylic acids is 4. The first-order chi connectivity index (χ1) is 19.8. The van der Waals surface area contributed by atoms with Crippen LogP contribution in [0.15, 0.2) is 66.7 Å². The third-order valence-corrected chi connectivity index (χ3v) is 7.75. The predicted molar refractivity (Wildman–Crippen MR) is 143 cm³/mol. The first-order valence-electron chi connectivity index (χ1n) is 13.4. The van der Waals surface area contributed by atoms with E-state index in [4.69, 9.17) is 0 Å². The maximum Gasteiger partial charge on any atom is 0.343 e. The number of hydrogen-bond acceptors (Lipinski definition) is 6. The van der Waals surface area contributed by atoms with Gasteiger partial charge in [0.25, 0.3) is 11.8 Å². The zero-order valence-electron chi connectivity index (χ0n) is 22.1. The molecule has 9 nitrogen and oxygen atoms in total. The van der Waals surface area contributed by atoms with Gasteiger partial charge in [0, 0.05) is 39.1 Å². The molecule has 1 N–H and O–H groups in total. The molecule has 2 saturated heterocycles. The van der Waals surface area contributed by atoms with Gasteiger partial charge in [0.15, 0.2) is 0 Å². The number of hydrogen-bond donors (Lipinski definition) is 1. The van der Waals surface area contributed by atoms with Crippen LogP contribution < -0.4 is 5.32 Å². The van der Waals surface area contributed by atoms with Crippen LogP contribution in [-0.4, -0.2) is 76.3 Å². The summed E-state index contributed by atoms with van der Waals surface area (Å²) in [5.41, 5.74) is 3.14. The van der Waals surface area contributed by atoms with E-state index in [0.717, 1.165) is 39.8 Å². The summed E-state index contributed by atoms with van der Waals surface area (Å²) >= 11 is 0. The zero-order chi connectivity index (χ0) is 28.7. The van der Waals surface area contributed by atoms with Crippen LogP contribution in [0.3, 0.4) is 0 Å². The van der Waals surface area contributed by atoms with Crippen LogP contribution in [0.5, 0.6) is 0 Å². The van der Waals surface area contributed by atoms with Crippen molar-refractivity contribution in [2.24, 2.45) is 0 Å². The van der Waals surface area contributed by atoms with Gasteiger partial charge in [-0.25, -0.2) is 18.6 Å². The van der Waals surface area contributed by atoms with Crippen LogP contribution in [0, 0.1) is 11.6 Å². The predicted octanol–water partition coefficient (Wildman–Crippen LogP) is 3.32. The second-order valence-corrected chi connectivity index (χ2v) is 10.3. The number of carbonyl (C=O) groups is 4. The molecule has 0 aliphatic carbocycles. The highest BCUT2D eigenvalue weighted by atomic mass is 19.1. The first kappa shape index (κ1) is 26.7. The van der Waals surface area contributed by atoms with Crippen molar-refractivity contribution in [2.45, 2.75) is 19.0 Å². The van der Waals surface area contributed by atoms with Crippen molar-refractivity contribution in [1.29, 1.82) is 0 Å². The van der Waals surface area contributed by atoms with E-state index in [2.05, 4.69) is 15.1 Å². The molecule has 3 heterocycles. The Morgan fingerprint density at radius 1 is 0.707 bits per heavy atom. The summed E-state index contributed by atoms with van der Waals surface area (Å²) in [6, 6.07) is 16.9. The number of hydrazine groups is 1. The van der Waals surface area contributed by atoms with Crippen LogP contribution in [0.2, 0.25) is 0 Å². The Hall–Kier alpha value is -4.48. The smallest absolute Gasteiger partial charge is 0.297 e. The molecular weight excluding hydrogens is 532 g/mol. The molecule has 0 aromatic heterocycles. The van der Waals surface area contributed by atoms with Crippen molar-refractivity contribution >= 4 is 23.8 Å². The van der Waals surface area contributed by atoms with Crippen molar-refractivity contribution in [1.82, 2.24) is 25.1 Å². The van der Waals surface area contributed by atoms with Crippen LogP contribution >= 0.6 is 0 Å². The summed E-state index contributed by atoms with van der Waals surface area (Å²) in [6.07, 6.45) is -0.000447. The topological polar surface area (TPSA) is 93.3 Å². The van der Waals surface area contributed by atoms with E-state index in [1.807, 2.05) is 0 Å². The monoisotopic (exact) mass is 559 g/mol. The molecule has 0 unspecified atom stereocenters. The molecule has 210 valence electrons. The summed E-state index contributed by atoms with van der Waals surface area (Å²) in [6.45, 7) is 3.35. The lowest BCUT2D eigenvalue weighted by atomic mass is 9.96. The van der Waals surface area contributed by atoms with Crippen molar-refractivity contribution in [2.75, 3.05) is 32.7 Å². The molecule has 3 aromatic rings. The number of piperazine rings is 1. The number of fused-ring (bicyclic) bond motifs is 1. The summed E-state index contributed by atoms with van der Waals surface area (Å²) in [7, 11) is 0. The Bertz CT molecular complexity index is 1480. The largest absolute Gasteiger partial charge is 0.343 e. The maximum absolute atomic E-state index is 13.6. The molecule has 0 bridgehead atoms. The van der Waals surface area contributed by atoms with Gasteiger partial charge in [0.05, 0.1) is 23.7 Å². The third kappa shape index (κ3) is 5.21. The number of amides is 5. The fourth-order valence-corrected chi connectivity index (χ4v) is 5.68. The highest BCUT2D eigenvalue weighted by Crippen LogP contribution is 2.31. The summed E-state index contributed by atoms with van der Waals surface area (Å²) in [4.78, 5) is 54.4. The lowest BCUT2D eigenvalue weighted by Crippen LogP contribution is -2.58. The molecule has 41 heavy (non-hydrogen) atoms. The lowest BCUT2D eigenvalue weighted by Gasteiger charge is -2.40. The number of benzene rings is 3. The van der Waals surface area contributed by atoms with Crippen LogP contribution in [0.1, 0.15) is 49.9 Å². The van der Waals surface area contributed by atoms with Gasteiger partial charge >= 0.3 is 6.03 Å². The number of halogens is 2. The minimum Gasteiger partial charge on any atom is -0.297 e. The number of nitrogens with zero attached hydrogens (tertiary/aromatic N) is 4. The second kappa shape index (κ2) is 10.8. The van der Waals surface area contributed by atoms with Gasteiger partial charge in [-0.2, -0.15) is 5.01 Å². The van der Waals surface area contributed by atoms with Crippen molar-refractivity contribution in [3.05, 3.63) is 106 Å². The second-order valence-electron chi connectivity index (χ2n) is 10.3. The van der Waals surface area contributed by atoms with Gasteiger partial charge in [-0.3, -0.25) is 29.5 Å². The average Bonchev–Trinajstić information content (AvgIpc) is 3.21. The van der Waals surface area contributed by atoms with Gasteiger partial charge < -0.3 is 0 Å². The molecule has 0 radical (unpaired) electrons. The lowest BCUT2D eigenvalue weighted by molar-refractivity contribution is -0.122. The van der Waals surface area contributed by atoms with E-state index in [0.29, 0.717) is 19.6 Å². The van der Waals surface area contributed by atoms with Crippen LogP contribution in [0.4, 0.5) is 13.6 Å². The first-order valence-corrected chi connectivity index (χ1v) is 13.4. The Kier molecular flexibility index (Phi) is 7.06. The Morgan fingerprint density at radius 2 is 1.29 bits per heavy atom. The molecule has 6 rings (SSSR count). The minimum atomic E-state index is -0.798. The Labute approximate surface area is 234 Å². The number of urea groups is 1. The van der Waals surface area contributed by atoms with Crippen LogP contribution in [-0.2, 0) is 11.3 Å². The van der Waals surface area contributed by atoms with Gasteiger partial charge in [0.2, 0.25) is 5.91 Å². The molecule has 0 saturated carbocycles. The number of imide groups is 2. The molecular formula is C30H27F2N5O4. The third-order valence-electron chi connectivity index (χ3n) is 7.75. The van der Waals surface area contributed by atoms with Gasteiger partial charge in [-0.05, 0) is 53.1 Å². The summed E-state index contributed by atoms with van der Waals surface area (Å²) in [5, 5.41) is 3.92. The van der Waals surface area contributed by atoms with Crippen LogP contribution in [0.25, 0.3) is 0 Å². The Morgan fingerprint density at radius 3 is 1.88 bits per heavy atom. The van der Waals surface area contributed by atoms with Crippen molar-refractivity contribution in [3.63, 3.8) is 0 Å². The number of rotatable bonds is 6. The molecule has 5 amide bonds. The van der Waals surface area contributed by atoms with E-state index in [-0.39, 0.29) is 41.8 Å². The molecule has 3 aromatic carbocycles. The van der Waals surface area contributed by atoms with E-state index < -0.39 is 23.8 Å². The van der Waals surface area contributed by atoms with Gasteiger partial charge in [-0.15, -0.1) is 0 Å². The van der Waals surface area contributed by atoms with Crippen molar-refractivity contribution < 1.29 is 28.0 Å². The van der Waals surface area contributed by atoms with Crippen molar-refractivity contribution in [3.8, 4) is 0 Å². The van der Waals surface area contributed by atoms with Gasteiger partial charge in [0.1, 0.15) is 11.6 Å². The standard InChI is InChI=1S/C30H27F2N5O4/c31-22-6-2-20(3-7-22)27(21-4-8-23(32)9-5-21)35-15-13-34(14-16-35)18-19-1-10-24-25(17-19)29(40)37(28(24)39)36-12-11-26(38)33-30(36)41/h1-10,17,27H,11-16,18H2,(H,33,38,41). The highest BCUT2D eigenvalue weighted by molar-refractivity contribution is 6.22. The number of nitrogens with one attached hydrogen (secondary N) is 1. The molecule has 0 atom stereocenters.